The molecule has 1 N–H and O–H groups in total. The fraction of sp³-hybridized carbons (Fsp3) is 0.471. The lowest BCUT2D eigenvalue weighted by atomic mass is 10.1. The van der Waals surface area contributed by atoms with Gasteiger partial charge in [-0.1, -0.05) is 0 Å². The van der Waals surface area contributed by atoms with Gasteiger partial charge in [-0.15, -0.1) is 23.1 Å². The third kappa shape index (κ3) is 4.48. The Morgan fingerprint density at radius 3 is 2.83 bits per heavy atom. The van der Waals surface area contributed by atoms with E-state index >= 15 is 0 Å². The number of rotatable bonds is 5. The first-order valence-corrected chi connectivity index (χ1v) is 10.1. The number of aromatic nitrogens is 1. The van der Waals surface area contributed by atoms with Gasteiger partial charge >= 0.3 is 0 Å². The van der Waals surface area contributed by atoms with Crippen molar-refractivity contribution < 1.29 is 9.59 Å². The largest absolute Gasteiger partial charge is 0.342 e. The molecule has 0 saturated carbocycles. The number of fused-ring (bicyclic) bond motifs is 1. The van der Waals surface area contributed by atoms with Gasteiger partial charge in [0, 0.05) is 18.8 Å². The Morgan fingerprint density at radius 1 is 1.25 bits per heavy atom. The van der Waals surface area contributed by atoms with Crippen LogP contribution >= 0.6 is 23.1 Å². The summed E-state index contributed by atoms with van der Waals surface area (Å²) in [5.74, 6) is 0.737. The summed E-state index contributed by atoms with van der Waals surface area (Å²) >= 11 is 2.99. The molecule has 2 aromatic rings. The molecule has 2 amide bonds. The molecule has 1 aliphatic rings. The number of carbonyl (C=O) groups excluding carboxylic acids is 2. The summed E-state index contributed by atoms with van der Waals surface area (Å²) < 4.78 is 1.07. The standard InChI is InChI=1S/C17H21N3O2S2/c1-12-18-14-6-5-13(9-15(14)24-12)19-16(21)10-23-11-17(22)20-7-3-2-4-8-20/h5-6,9H,2-4,7-8,10-11H2,1H3,(H,19,21). The Morgan fingerprint density at radius 2 is 2.04 bits per heavy atom. The number of aryl methyl sites for hydroxylation is 1. The number of benzene rings is 1. The van der Waals surface area contributed by atoms with Crippen LogP contribution in [0.4, 0.5) is 5.69 Å². The lowest BCUT2D eigenvalue weighted by molar-refractivity contribution is -0.129. The molecule has 1 saturated heterocycles. The zero-order valence-corrected chi connectivity index (χ0v) is 15.3. The predicted molar refractivity (Wildman–Crippen MR) is 101 cm³/mol. The van der Waals surface area contributed by atoms with Gasteiger partial charge in [0.15, 0.2) is 0 Å². The van der Waals surface area contributed by atoms with E-state index in [1.54, 1.807) is 11.3 Å². The van der Waals surface area contributed by atoms with Gasteiger partial charge in [-0.25, -0.2) is 4.98 Å². The minimum absolute atomic E-state index is 0.0768. The van der Waals surface area contributed by atoms with Crippen LogP contribution in [-0.4, -0.2) is 46.3 Å². The maximum Gasteiger partial charge on any atom is 0.234 e. The summed E-state index contributed by atoms with van der Waals surface area (Å²) in [4.78, 5) is 30.4. The molecule has 5 nitrogen and oxygen atoms in total. The Kier molecular flexibility index (Phi) is 5.73. The maximum atomic E-state index is 12.1. The number of nitrogens with one attached hydrogen (secondary N) is 1. The number of carbonyl (C=O) groups is 2. The molecule has 0 atom stereocenters. The summed E-state index contributed by atoms with van der Waals surface area (Å²) in [6.07, 6.45) is 3.40. The molecule has 1 fully saturated rings. The molecule has 2 heterocycles. The first-order valence-electron chi connectivity index (χ1n) is 8.14. The third-order valence-corrected chi connectivity index (χ3v) is 5.80. The minimum atomic E-state index is -0.0768. The monoisotopic (exact) mass is 363 g/mol. The molecule has 7 heteroatoms. The summed E-state index contributed by atoms with van der Waals surface area (Å²) in [6.45, 7) is 3.69. The first kappa shape index (κ1) is 17.2. The van der Waals surface area contributed by atoms with Gasteiger partial charge in [0.05, 0.1) is 26.7 Å². The van der Waals surface area contributed by atoms with E-state index in [1.807, 2.05) is 30.0 Å². The highest BCUT2D eigenvalue weighted by atomic mass is 32.2. The number of likely N-dealkylation sites (tertiary alicyclic amines) is 1. The summed E-state index contributed by atoms with van der Waals surface area (Å²) in [6, 6.07) is 5.73. The zero-order chi connectivity index (χ0) is 16.9. The van der Waals surface area contributed by atoms with Crippen LogP contribution in [0.5, 0.6) is 0 Å². The molecule has 1 aromatic carbocycles. The van der Waals surface area contributed by atoms with Gasteiger partial charge in [-0.2, -0.15) is 0 Å². The van der Waals surface area contributed by atoms with Crippen LogP contribution in [0.2, 0.25) is 0 Å². The van der Waals surface area contributed by atoms with Crippen molar-refractivity contribution in [2.45, 2.75) is 26.2 Å². The van der Waals surface area contributed by atoms with Crippen molar-refractivity contribution in [3.8, 4) is 0 Å². The highest BCUT2D eigenvalue weighted by Gasteiger charge is 2.16. The third-order valence-electron chi connectivity index (χ3n) is 3.95. The number of piperidine rings is 1. The Labute approximate surface area is 149 Å². The van der Waals surface area contributed by atoms with Gasteiger partial charge in [-0.05, 0) is 44.4 Å². The number of hydrogen-bond acceptors (Lipinski definition) is 5. The number of thiazole rings is 1. The smallest absolute Gasteiger partial charge is 0.234 e. The number of anilines is 1. The number of thioether (sulfide) groups is 1. The van der Waals surface area contributed by atoms with Crippen molar-refractivity contribution >= 4 is 50.8 Å². The predicted octanol–water partition coefficient (Wildman–Crippen LogP) is 3.29. The van der Waals surface area contributed by atoms with Crippen LogP contribution < -0.4 is 5.32 Å². The molecule has 3 rings (SSSR count). The normalized spacial score (nSPS) is 14.8. The molecule has 0 bridgehead atoms. The molecule has 0 spiro atoms. The second kappa shape index (κ2) is 7.98. The van der Waals surface area contributed by atoms with Crippen molar-refractivity contribution in [3.63, 3.8) is 0 Å². The lowest BCUT2D eigenvalue weighted by Crippen LogP contribution is -2.37. The average Bonchev–Trinajstić information content (AvgIpc) is 2.95. The Hall–Kier alpha value is -1.60. The van der Waals surface area contributed by atoms with Gasteiger partial charge in [0.25, 0.3) is 0 Å². The van der Waals surface area contributed by atoms with E-state index < -0.39 is 0 Å². The van der Waals surface area contributed by atoms with Crippen LogP contribution in [0.15, 0.2) is 18.2 Å². The topological polar surface area (TPSA) is 62.3 Å². The average molecular weight is 364 g/mol. The number of hydrogen-bond donors (Lipinski definition) is 1. The van der Waals surface area contributed by atoms with Crippen molar-refractivity contribution in [1.29, 1.82) is 0 Å². The second-order valence-corrected chi connectivity index (χ2v) is 8.12. The van der Waals surface area contributed by atoms with E-state index in [0.717, 1.165) is 46.8 Å². The summed E-state index contributed by atoms with van der Waals surface area (Å²) in [5, 5.41) is 3.90. The molecule has 1 aromatic heterocycles. The van der Waals surface area contributed by atoms with Crippen molar-refractivity contribution in [2.24, 2.45) is 0 Å². The molecule has 0 unspecified atom stereocenters. The number of nitrogens with zero attached hydrogens (tertiary/aromatic N) is 2. The van der Waals surface area contributed by atoms with E-state index in [0.29, 0.717) is 11.5 Å². The Bertz CT molecular complexity index is 739. The maximum absolute atomic E-state index is 12.1. The van der Waals surface area contributed by atoms with E-state index in [1.165, 1.54) is 18.2 Å². The van der Waals surface area contributed by atoms with Crippen molar-refractivity contribution in [3.05, 3.63) is 23.2 Å². The SMILES string of the molecule is Cc1nc2ccc(NC(=O)CSCC(=O)N3CCCCC3)cc2s1. The lowest BCUT2D eigenvalue weighted by Gasteiger charge is -2.26. The van der Waals surface area contributed by atoms with Crippen molar-refractivity contribution in [1.82, 2.24) is 9.88 Å². The second-order valence-electron chi connectivity index (χ2n) is 5.90. The summed E-state index contributed by atoms with van der Waals surface area (Å²) in [7, 11) is 0. The van der Waals surface area contributed by atoms with Crippen LogP contribution in [0, 0.1) is 6.92 Å². The fourth-order valence-electron chi connectivity index (χ4n) is 2.78. The fourth-order valence-corrected chi connectivity index (χ4v) is 4.36. The molecule has 24 heavy (non-hydrogen) atoms. The highest BCUT2D eigenvalue weighted by molar-refractivity contribution is 8.00. The quantitative estimate of drug-likeness (QED) is 0.885. The first-order chi connectivity index (χ1) is 11.6. The minimum Gasteiger partial charge on any atom is -0.342 e. The number of amides is 2. The van der Waals surface area contributed by atoms with E-state index in [2.05, 4.69) is 10.3 Å². The van der Waals surface area contributed by atoms with Crippen molar-refractivity contribution in [2.75, 3.05) is 29.9 Å². The van der Waals surface area contributed by atoms with Gasteiger partial charge < -0.3 is 10.2 Å². The molecular formula is C17H21N3O2S2. The van der Waals surface area contributed by atoms with Gasteiger partial charge in [0.2, 0.25) is 11.8 Å². The Balaban J connectivity index is 1.45. The van der Waals surface area contributed by atoms with Crippen LogP contribution in [0.3, 0.4) is 0 Å². The molecule has 0 aliphatic carbocycles. The molecule has 0 radical (unpaired) electrons. The van der Waals surface area contributed by atoms with Gasteiger partial charge in [-0.3, -0.25) is 9.59 Å². The molecule has 1 aliphatic heterocycles. The van der Waals surface area contributed by atoms with E-state index in [4.69, 9.17) is 0 Å². The van der Waals surface area contributed by atoms with Crippen LogP contribution in [0.1, 0.15) is 24.3 Å². The molecule has 128 valence electrons. The highest BCUT2D eigenvalue weighted by Crippen LogP contribution is 2.24. The van der Waals surface area contributed by atoms with E-state index in [-0.39, 0.29) is 11.8 Å². The van der Waals surface area contributed by atoms with Crippen LogP contribution in [0.25, 0.3) is 10.2 Å². The molecular weight excluding hydrogens is 342 g/mol. The zero-order valence-electron chi connectivity index (χ0n) is 13.7. The van der Waals surface area contributed by atoms with Crippen LogP contribution in [-0.2, 0) is 9.59 Å². The van der Waals surface area contributed by atoms with E-state index in [9.17, 15) is 9.59 Å². The van der Waals surface area contributed by atoms with Gasteiger partial charge in [0.1, 0.15) is 0 Å². The summed E-state index contributed by atoms with van der Waals surface area (Å²) in [5.41, 5.74) is 1.73.